The highest BCUT2D eigenvalue weighted by Crippen LogP contribution is 2.31. The Hall–Kier alpha value is -1.68. The van der Waals surface area contributed by atoms with Gasteiger partial charge in [-0.2, -0.15) is 0 Å². The standard InChI is InChI=1S/C15H16N2OS/c1-11-7-9-19-14(11)15(18)17(13-5-6-13)10-12-4-2-3-8-16-12/h2-4,7-9,13H,5-6,10H2,1H3. The number of thiophene rings is 1. The summed E-state index contributed by atoms with van der Waals surface area (Å²) in [6.45, 7) is 2.61. The van der Waals surface area contributed by atoms with Crippen molar-refractivity contribution < 1.29 is 4.79 Å². The predicted octanol–water partition coefficient (Wildman–Crippen LogP) is 3.26. The van der Waals surface area contributed by atoms with Crippen LogP contribution in [0, 0.1) is 6.92 Å². The fourth-order valence-corrected chi connectivity index (χ4v) is 3.02. The van der Waals surface area contributed by atoms with E-state index in [-0.39, 0.29) is 5.91 Å². The van der Waals surface area contributed by atoms with Gasteiger partial charge in [-0.3, -0.25) is 9.78 Å². The van der Waals surface area contributed by atoms with Crippen LogP contribution in [0.5, 0.6) is 0 Å². The van der Waals surface area contributed by atoms with Gasteiger partial charge in [0, 0.05) is 12.2 Å². The average Bonchev–Trinajstić information content (AvgIpc) is 3.18. The van der Waals surface area contributed by atoms with Crippen LogP contribution in [-0.2, 0) is 6.54 Å². The van der Waals surface area contributed by atoms with Gasteiger partial charge in [-0.05, 0) is 48.9 Å². The van der Waals surface area contributed by atoms with E-state index < -0.39 is 0 Å². The molecule has 3 nitrogen and oxygen atoms in total. The molecule has 0 spiro atoms. The summed E-state index contributed by atoms with van der Waals surface area (Å²) in [5.74, 6) is 0.153. The molecule has 1 amide bonds. The first kappa shape index (κ1) is 12.4. The lowest BCUT2D eigenvalue weighted by atomic mass is 10.2. The fraction of sp³-hybridized carbons (Fsp3) is 0.333. The van der Waals surface area contributed by atoms with Gasteiger partial charge in [0.2, 0.25) is 0 Å². The van der Waals surface area contributed by atoms with E-state index in [2.05, 4.69) is 4.98 Å². The van der Waals surface area contributed by atoms with Crippen molar-refractivity contribution in [3.8, 4) is 0 Å². The largest absolute Gasteiger partial charge is 0.329 e. The third kappa shape index (κ3) is 2.68. The molecule has 1 aliphatic carbocycles. The highest BCUT2D eigenvalue weighted by Gasteiger charge is 2.34. The molecule has 0 radical (unpaired) electrons. The zero-order valence-corrected chi connectivity index (χ0v) is 11.7. The van der Waals surface area contributed by atoms with Gasteiger partial charge in [0.25, 0.3) is 5.91 Å². The van der Waals surface area contributed by atoms with E-state index in [4.69, 9.17) is 0 Å². The van der Waals surface area contributed by atoms with Crippen LogP contribution in [0.3, 0.4) is 0 Å². The smallest absolute Gasteiger partial charge is 0.264 e. The van der Waals surface area contributed by atoms with Gasteiger partial charge in [0.1, 0.15) is 0 Å². The summed E-state index contributed by atoms with van der Waals surface area (Å²) in [5.41, 5.74) is 2.03. The molecule has 0 N–H and O–H groups in total. The second-order valence-electron chi connectivity index (χ2n) is 4.92. The molecular weight excluding hydrogens is 256 g/mol. The van der Waals surface area contributed by atoms with Gasteiger partial charge < -0.3 is 4.90 Å². The number of aromatic nitrogens is 1. The van der Waals surface area contributed by atoms with E-state index in [1.165, 1.54) is 11.3 Å². The molecule has 0 bridgehead atoms. The molecule has 0 saturated heterocycles. The Morgan fingerprint density at radius 3 is 2.84 bits per heavy atom. The van der Waals surface area contributed by atoms with Crippen LogP contribution < -0.4 is 0 Å². The molecule has 98 valence electrons. The van der Waals surface area contributed by atoms with Crippen LogP contribution in [-0.4, -0.2) is 21.8 Å². The number of hydrogen-bond acceptors (Lipinski definition) is 3. The van der Waals surface area contributed by atoms with Crippen molar-refractivity contribution in [3.63, 3.8) is 0 Å². The summed E-state index contributed by atoms with van der Waals surface area (Å²) < 4.78 is 0. The second kappa shape index (κ2) is 5.13. The maximum absolute atomic E-state index is 12.6. The van der Waals surface area contributed by atoms with Crippen molar-refractivity contribution >= 4 is 17.2 Å². The van der Waals surface area contributed by atoms with Gasteiger partial charge in [0.15, 0.2) is 0 Å². The lowest BCUT2D eigenvalue weighted by Crippen LogP contribution is -2.32. The summed E-state index contributed by atoms with van der Waals surface area (Å²) >= 11 is 1.53. The van der Waals surface area contributed by atoms with Crippen molar-refractivity contribution in [2.24, 2.45) is 0 Å². The fourth-order valence-electron chi connectivity index (χ4n) is 2.14. The van der Waals surface area contributed by atoms with Gasteiger partial charge in [0.05, 0.1) is 17.1 Å². The first-order chi connectivity index (χ1) is 9.25. The maximum atomic E-state index is 12.6. The monoisotopic (exact) mass is 272 g/mol. The molecule has 1 aliphatic rings. The van der Waals surface area contributed by atoms with Crippen molar-refractivity contribution in [2.45, 2.75) is 32.4 Å². The molecule has 1 fully saturated rings. The van der Waals surface area contributed by atoms with Crippen LogP contribution in [0.25, 0.3) is 0 Å². The second-order valence-corrected chi connectivity index (χ2v) is 5.83. The highest BCUT2D eigenvalue weighted by atomic mass is 32.1. The Morgan fingerprint density at radius 1 is 1.42 bits per heavy atom. The van der Waals surface area contributed by atoms with Gasteiger partial charge in [-0.1, -0.05) is 6.07 Å². The van der Waals surface area contributed by atoms with E-state index in [9.17, 15) is 4.79 Å². The van der Waals surface area contributed by atoms with Crippen molar-refractivity contribution in [2.75, 3.05) is 0 Å². The molecule has 19 heavy (non-hydrogen) atoms. The topological polar surface area (TPSA) is 33.2 Å². The first-order valence-corrected chi connectivity index (χ1v) is 7.38. The Balaban J connectivity index is 1.82. The number of carbonyl (C=O) groups is 1. The molecule has 0 atom stereocenters. The minimum atomic E-state index is 0.153. The van der Waals surface area contributed by atoms with E-state index in [1.807, 2.05) is 41.5 Å². The van der Waals surface area contributed by atoms with Gasteiger partial charge in [-0.25, -0.2) is 0 Å². The van der Waals surface area contributed by atoms with Crippen molar-refractivity contribution in [1.82, 2.24) is 9.88 Å². The number of aryl methyl sites for hydroxylation is 1. The molecule has 0 aromatic carbocycles. The van der Waals surface area contributed by atoms with E-state index >= 15 is 0 Å². The first-order valence-electron chi connectivity index (χ1n) is 6.50. The predicted molar refractivity (Wildman–Crippen MR) is 76.2 cm³/mol. The molecular formula is C15H16N2OS. The Morgan fingerprint density at radius 2 is 2.26 bits per heavy atom. The molecule has 0 unspecified atom stereocenters. The normalized spacial score (nSPS) is 14.4. The average molecular weight is 272 g/mol. The summed E-state index contributed by atoms with van der Waals surface area (Å²) in [6.07, 6.45) is 4.01. The number of rotatable bonds is 4. The molecule has 1 saturated carbocycles. The number of pyridine rings is 1. The molecule has 3 rings (SSSR count). The summed E-state index contributed by atoms with van der Waals surface area (Å²) in [4.78, 5) is 19.8. The highest BCUT2D eigenvalue weighted by molar-refractivity contribution is 7.12. The minimum absolute atomic E-state index is 0.153. The Bertz CT molecular complexity index is 575. The molecule has 2 aromatic heterocycles. The van der Waals surface area contributed by atoms with Crippen LogP contribution in [0.15, 0.2) is 35.8 Å². The third-order valence-electron chi connectivity index (χ3n) is 3.36. The zero-order valence-electron chi connectivity index (χ0n) is 10.9. The SMILES string of the molecule is Cc1ccsc1C(=O)N(Cc1ccccn1)C1CC1. The van der Waals surface area contributed by atoms with Crippen LogP contribution in [0.2, 0.25) is 0 Å². The van der Waals surface area contributed by atoms with E-state index in [0.29, 0.717) is 12.6 Å². The molecule has 2 heterocycles. The Labute approximate surface area is 116 Å². The van der Waals surface area contributed by atoms with E-state index in [1.54, 1.807) is 6.20 Å². The summed E-state index contributed by atoms with van der Waals surface area (Å²) in [6, 6.07) is 8.24. The maximum Gasteiger partial charge on any atom is 0.264 e. The quantitative estimate of drug-likeness (QED) is 0.856. The third-order valence-corrected chi connectivity index (χ3v) is 4.37. The molecule has 2 aromatic rings. The van der Waals surface area contributed by atoms with Gasteiger partial charge >= 0.3 is 0 Å². The van der Waals surface area contributed by atoms with Crippen LogP contribution in [0.1, 0.15) is 33.8 Å². The minimum Gasteiger partial charge on any atom is -0.329 e. The summed E-state index contributed by atoms with van der Waals surface area (Å²) in [7, 11) is 0. The molecule has 4 heteroatoms. The number of nitrogens with zero attached hydrogens (tertiary/aromatic N) is 2. The number of hydrogen-bond donors (Lipinski definition) is 0. The lowest BCUT2D eigenvalue weighted by molar-refractivity contribution is 0.0732. The molecule has 0 aliphatic heterocycles. The van der Waals surface area contributed by atoms with Gasteiger partial charge in [-0.15, -0.1) is 11.3 Å². The Kier molecular flexibility index (Phi) is 3.34. The number of carbonyl (C=O) groups excluding carboxylic acids is 1. The van der Waals surface area contributed by atoms with Crippen LogP contribution in [0.4, 0.5) is 0 Å². The van der Waals surface area contributed by atoms with Crippen molar-refractivity contribution in [3.05, 3.63) is 52.0 Å². The summed E-state index contributed by atoms with van der Waals surface area (Å²) in [5, 5.41) is 1.98. The van der Waals surface area contributed by atoms with E-state index in [0.717, 1.165) is 29.0 Å². The number of amides is 1. The zero-order chi connectivity index (χ0) is 13.2. The van der Waals surface area contributed by atoms with Crippen LogP contribution >= 0.6 is 11.3 Å². The van der Waals surface area contributed by atoms with Crippen molar-refractivity contribution in [1.29, 1.82) is 0 Å². The lowest BCUT2D eigenvalue weighted by Gasteiger charge is -2.21.